The predicted octanol–water partition coefficient (Wildman–Crippen LogP) is 0.591. The van der Waals surface area contributed by atoms with E-state index in [9.17, 15) is 14.4 Å². The maximum Gasteiger partial charge on any atom is 0.374 e. The molecule has 0 aliphatic heterocycles. The molecule has 0 radical (unpaired) electrons. The zero-order valence-electron chi connectivity index (χ0n) is 7.87. The molecule has 0 saturated heterocycles. The summed E-state index contributed by atoms with van der Waals surface area (Å²) in [4.78, 5) is 30.6. The largest absolute Gasteiger partial charge is 0.475 e. The number of esters is 1. The van der Waals surface area contributed by atoms with Crippen molar-refractivity contribution in [3.8, 4) is 0 Å². The van der Waals surface area contributed by atoms with Crippen LogP contribution >= 0.6 is 11.6 Å². The molecule has 6 heteroatoms. The number of carboxylic acid groups (broad SMARTS) is 1. The number of hydrogen-bond donors (Lipinski definition) is 1. The molecule has 14 heavy (non-hydrogen) atoms. The van der Waals surface area contributed by atoms with Crippen LogP contribution in [0.3, 0.4) is 0 Å². The summed E-state index contributed by atoms with van der Waals surface area (Å²) >= 11 is 5.59. The molecule has 0 aromatic rings. The Kier molecular flexibility index (Phi) is 4.56. The molecule has 0 spiro atoms. The minimum atomic E-state index is -2.10. The molecule has 0 aliphatic rings. The standard InChI is InChI=1S/C8H11ClO5/c1-3-8(9,5(10)6(11)12)7(13)14-4-2/h3-4H2,1-2H3,(H,11,12). The molecular weight excluding hydrogens is 212 g/mol. The maximum atomic E-state index is 11.2. The topological polar surface area (TPSA) is 80.7 Å². The molecule has 0 aromatic carbocycles. The zero-order valence-corrected chi connectivity index (χ0v) is 8.63. The van der Waals surface area contributed by atoms with Crippen LogP contribution in [0.15, 0.2) is 0 Å². The summed E-state index contributed by atoms with van der Waals surface area (Å²) in [6.45, 7) is 3.01. The van der Waals surface area contributed by atoms with Crippen LogP contribution in [0.25, 0.3) is 0 Å². The molecule has 0 saturated carbocycles. The molecule has 1 N–H and O–H groups in total. The van der Waals surface area contributed by atoms with Crippen LogP contribution in [-0.4, -0.2) is 34.3 Å². The highest BCUT2D eigenvalue weighted by Gasteiger charge is 2.47. The number of carbonyl (C=O) groups is 3. The molecule has 0 heterocycles. The van der Waals surface area contributed by atoms with Crippen LogP contribution in [0.4, 0.5) is 0 Å². The first-order valence-corrected chi connectivity index (χ1v) is 4.41. The van der Waals surface area contributed by atoms with Crippen LogP contribution in [0, 0.1) is 0 Å². The van der Waals surface area contributed by atoms with E-state index in [4.69, 9.17) is 16.7 Å². The van der Waals surface area contributed by atoms with Crippen molar-refractivity contribution in [2.24, 2.45) is 0 Å². The van der Waals surface area contributed by atoms with E-state index >= 15 is 0 Å². The van der Waals surface area contributed by atoms with Crippen molar-refractivity contribution < 1.29 is 24.2 Å². The van der Waals surface area contributed by atoms with E-state index in [2.05, 4.69) is 4.74 Å². The second-order valence-corrected chi connectivity index (χ2v) is 3.15. The molecule has 5 nitrogen and oxygen atoms in total. The number of alkyl halides is 1. The van der Waals surface area contributed by atoms with Crippen LogP contribution in [0.1, 0.15) is 20.3 Å². The minimum absolute atomic E-state index is 0.0419. The number of Topliss-reactive ketones (excluding diaryl/α,β-unsaturated/α-hetero) is 1. The van der Waals surface area contributed by atoms with Crippen molar-refractivity contribution in [3.63, 3.8) is 0 Å². The lowest BCUT2D eigenvalue weighted by atomic mass is 10.0. The Labute approximate surface area is 86.0 Å². The van der Waals surface area contributed by atoms with Gasteiger partial charge in [0, 0.05) is 0 Å². The molecule has 1 atom stereocenters. The first kappa shape index (κ1) is 12.9. The number of halogens is 1. The molecule has 0 aliphatic carbocycles. The number of rotatable bonds is 5. The van der Waals surface area contributed by atoms with E-state index in [1.165, 1.54) is 13.8 Å². The fourth-order valence-corrected chi connectivity index (χ4v) is 0.948. The Balaban J connectivity index is 4.88. The van der Waals surface area contributed by atoms with Gasteiger partial charge in [-0.2, -0.15) is 0 Å². The van der Waals surface area contributed by atoms with Gasteiger partial charge in [0.15, 0.2) is 0 Å². The summed E-state index contributed by atoms with van der Waals surface area (Å²) in [7, 11) is 0. The van der Waals surface area contributed by atoms with E-state index in [0.717, 1.165) is 0 Å². The van der Waals surface area contributed by atoms with Gasteiger partial charge in [-0.3, -0.25) is 4.79 Å². The van der Waals surface area contributed by atoms with Gasteiger partial charge < -0.3 is 9.84 Å². The summed E-state index contributed by atoms with van der Waals surface area (Å²) in [6.07, 6.45) is -0.126. The van der Waals surface area contributed by atoms with Crippen LogP contribution in [0.5, 0.6) is 0 Å². The highest BCUT2D eigenvalue weighted by molar-refractivity contribution is 6.57. The van der Waals surface area contributed by atoms with Gasteiger partial charge in [0.1, 0.15) is 0 Å². The zero-order chi connectivity index (χ0) is 11.4. The van der Waals surface area contributed by atoms with Gasteiger partial charge in [0.2, 0.25) is 4.87 Å². The second-order valence-electron chi connectivity index (χ2n) is 2.51. The number of carboxylic acids is 1. The number of aliphatic carboxylic acids is 1. The summed E-state index contributed by atoms with van der Waals surface area (Å²) < 4.78 is 4.51. The molecule has 0 fully saturated rings. The van der Waals surface area contributed by atoms with Crippen molar-refractivity contribution in [1.29, 1.82) is 0 Å². The summed E-state index contributed by atoms with van der Waals surface area (Å²) in [5, 5.41) is 8.42. The van der Waals surface area contributed by atoms with Crippen LogP contribution in [0.2, 0.25) is 0 Å². The van der Waals surface area contributed by atoms with Crippen molar-refractivity contribution in [3.05, 3.63) is 0 Å². The highest BCUT2D eigenvalue weighted by atomic mass is 35.5. The van der Waals surface area contributed by atoms with Crippen LogP contribution in [-0.2, 0) is 19.1 Å². The summed E-state index contributed by atoms with van der Waals surface area (Å²) in [6, 6.07) is 0. The number of carbonyl (C=O) groups excluding carboxylic acids is 2. The quantitative estimate of drug-likeness (QED) is 0.319. The monoisotopic (exact) mass is 222 g/mol. The summed E-state index contributed by atoms with van der Waals surface area (Å²) in [5.74, 6) is -4.12. The van der Waals surface area contributed by atoms with Crippen molar-refractivity contribution >= 4 is 29.3 Å². The Morgan fingerprint density at radius 3 is 2.14 bits per heavy atom. The lowest BCUT2D eigenvalue weighted by Gasteiger charge is -2.19. The highest BCUT2D eigenvalue weighted by Crippen LogP contribution is 2.23. The molecule has 1 unspecified atom stereocenters. The Bertz CT molecular complexity index is 262. The van der Waals surface area contributed by atoms with Gasteiger partial charge in [0.25, 0.3) is 5.78 Å². The number of hydrogen-bond acceptors (Lipinski definition) is 4. The first-order chi connectivity index (χ1) is 6.40. The van der Waals surface area contributed by atoms with Crippen molar-refractivity contribution in [1.82, 2.24) is 0 Å². The van der Waals surface area contributed by atoms with Gasteiger partial charge in [-0.05, 0) is 13.3 Å². The fraction of sp³-hybridized carbons (Fsp3) is 0.625. The number of ketones is 1. The van der Waals surface area contributed by atoms with Gasteiger partial charge in [-0.1, -0.05) is 18.5 Å². The molecule has 0 amide bonds. The molecular formula is C8H11ClO5. The molecule has 0 rings (SSSR count). The van der Waals surface area contributed by atoms with Crippen molar-refractivity contribution in [2.45, 2.75) is 25.1 Å². The number of ether oxygens (including phenoxy) is 1. The molecule has 0 bridgehead atoms. The van der Waals surface area contributed by atoms with E-state index in [1.807, 2.05) is 0 Å². The van der Waals surface area contributed by atoms with Gasteiger partial charge in [0.05, 0.1) is 6.61 Å². The normalized spacial score (nSPS) is 14.2. The van der Waals surface area contributed by atoms with Gasteiger partial charge in [-0.25, -0.2) is 9.59 Å². The predicted molar refractivity (Wildman–Crippen MR) is 48.2 cm³/mol. The lowest BCUT2D eigenvalue weighted by Crippen LogP contribution is -2.45. The summed E-state index contributed by atoms with van der Waals surface area (Å²) in [5.41, 5.74) is 0. The third-order valence-corrected chi connectivity index (χ3v) is 2.23. The SMILES string of the molecule is CCOC(=O)C(Cl)(CC)C(=O)C(=O)O. The van der Waals surface area contributed by atoms with Crippen molar-refractivity contribution in [2.75, 3.05) is 6.61 Å². The lowest BCUT2D eigenvalue weighted by molar-refractivity contribution is -0.158. The average molecular weight is 223 g/mol. The third-order valence-electron chi connectivity index (χ3n) is 1.64. The van der Waals surface area contributed by atoms with Gasteiger partial charge in [-0.15, -0.1) is 0 Å². The minimum Gasteiger partial charge on any atom is -0.475 e. The fourth-order valence-electron chi connectivity index (χ4n) is 0.813. The molecule has 0 aromatic heterocycles. The van der Waals surface area contributed by atoms with Gasteiger partial charge >= 0.3 is 11.9 Å². The average Bonchev–Trinajstić information content (AvgIpc) is 2.15. The smallest absolute Gasteiger partial charge is 0.374 e. The maximum absolute atomic E-state index is 11.2. The van der Waals surface area contributed by atoms with E-state index in [1.54, 1.807) is 0 Å². The second kappa shape index (κ2) is 4.95. The Morgan fingerprint density at radius 1 is 1.36 bits per heavy atom. The Hall–Kier alpha value is -1.10. The third kappa shape index (κ3) is 2.45. The van der Waals surface area contributed by atoms with E-state index in [-0.39, 0.29) is 13.0 Å². The Morgan fingerprint density at radius 2 is 1.86 bits per heavy atom. The van der Waals surface area contributed by atoms with E-state index in [0.29, 0.717) is 0 Å². The van der Waals surface area contributed by atoms with Crippen LogP contribution < -0.4 is 0 Å². The van der Waals surface area contributed by atoms with E-state index < -0.39 is 22.6 Å². The first-order valence-electron chi connectivity index (χ1n) is 4.04. The molecule has 80 valence electrons.